The maximum atomic E-state index is 6.27. The minimum absolute atomic E-state index is 0.785. The van der Waals surface area contributed by atoms with Crippen LogP contribution in [0, 0.1) is 0 Å². The van der Waals surface area contributed by atoms with Crippen molar-refractivity contribution in [2.75, 3.05) is 39.3 Å². The minimum Gasteiger partial charge on any atom is -0.315 e. The molecular formula is C17H26ClN3. The summed E-state index contributed by atoms with van der Waals surface area (Å²) in [6.07, 6.45) is 3.88. The fraction of sp³-hybridized carbons (Fsp3) is 0.647. The molecule has 2 aliphatic heterocycles. The summed E-state index contributed by atoms with van der Waals surface area (Å²) in [4.78, 5) is 5.25. The molecule has 0 radical (unpaired) electrons. The van der Waals surface area contributed by atoms with Gasteiger partial charge in [-0.25, -0.2) is 0 Å². The maximum absolute atomic E-state index is 6.27. The quantitative estimate of drug-likeness (QED) is 0.926. The van der Waals surface area contributed by atoms with Crippen molar-refractivity contribution in [3.05, 3.63) is 34.9 Å². The van der Waals surface area contributed by atoms with Gasteiger partial charge in [-0.1, -0.05) is 29.8 Å². The molecular weight excluding hydrogens is 282 g/mol. The normalized spacial score (nSPS) is 23.1. The summed E-state index contributed by atoms with van der Waals surface area (Å²) in [5, 5.41) is 4.40. The van der Waals surface area contributed by atoms with E-state index in [1.54, 1.807) is 0 Å². The van der Waals surface area contributed by atoms with E-state index in [9.17, 15) is 0 Å². The first-order valence-corrected chi connectivity index (χ1v) is 8.61. The SMILES string of the molecule is Clc1ccccc1CN1CCC(N2CCCNCC2)CC1. The number of likely N-dealkylation sites (tertiary alicyclic amines) is 1. The van der Waals surface area contributed by atoms with Crippen LogP contribution in [0.4, 0.5) is 0 Å². The van der Waals surface area contributed by atoms with Crippen LogP contribution >= 0.6 is 11.6 Å². The number of piperidine rings is 1. The van der Waals surface area contributed by atoms with Gasteiger partial charge in [0.25, 0.3) is 0 Å². The predicted molar refractivity (Wildman–Crippen MR) is 88.8 cm³/mol. The smallest absolute Gasteiger partial charge is 0.0451 e. The lowest BCUT2D eigenvalue weighted by molar-refractivity contribution is 0.109. The van der Waals surface area contributed by atoms with E-state index in [1.807, 2.05) is 12.1 Å². The Morgan fingerprint density at radius 3 is 2.67 bits per heavy atom. The van der Waals surface area contributed by atoms with Crippen LogP contribution in [0.1, 0.15) is 24.8 Å². The van der Waals surface area contributed by atoms with Crippen molar-refractivity contribution >= 4 is 11.6 Å². The van der Waals surface area contributed by atoms with Gasteiger partial charge >= 0.3 is 0 Å². The zero-order valence-corrected chi connectivity index (χ0v) is 13.5. The number of hydrogen-bond acceptors (Lipinski definition) is 3. The Bertz CT molecular complexity index is 435. The summed E-state index contributed by atoms with van der Waals surface area (Å²) in [7, 11) is 0. The van der Waals surface area contributed by atoms with E-state index >= 15 is 0 Å². The van der Waals surface area contributed by atoms with E-state index in [4.69, 9.17) is 11.6 Å². The fourth-order valence-corrected chi connectivity index (χ4v) is 3.74. The molecule has 3 rings (SSSR count). The monoisotopic (exact) mass is 307 g/mol. The molecule has 1 aromatic carbocycles. The van der Waals surface area contributed by atoms with Crippen LogP contribution in [0.15, 0.2) is 24.3 Å². The van der Waals surface area contributed by atoms with Gasteiger partial charge in [-0.05, 0) is 57.1 Å². The molecule has 3 nitrogen and oxygen atoms in total. The third kappa shape index (κ3) is 4.19. The van der Waals surface area contributed by atoms with Crippen molar-refractivity contribution < 1.29 is 0 Å². The Hall–Kier alpha value is -0.610. The number of benzene rings is 1. The van der Waals surface area contributed by atoms with Gasteiger partial charge in [0.2, 0.25) is 0 Å². The topological polar surface area (TPSA) is 18.5 Å². The predicted octanol–water partition coefficient (Wildman–Crippen LogP) is 2.60. The van der Waals surface area contributed by atoms with E-state index in [0.29, 0.717) is 0 Å². The first-order chi connectivity index (χ1) is 10.3. The van der Waals surface area contributed by atoms with Gasteiger partial charge in [0.15, 0.2) is 0 Å². The second-order valence-electron chi connectivity index (χ2n) is 6.24. The van der Waals surface area contributed by atoms with Gasteiger partial charge in [-0.15, -0.1) is 0 Å². The zero-order valence-electron chi connectivity index (χ0n) is 12.7. The molecule has 0 unspecified atom stereocenters. The van der Waals surface area contributed by atoms with E-state index in [0.717, 1.165) is 24.2 Å². The lowest BCUT2D eigenvalue weighted by atomic mass is 10.0. The molecule has 0 spiro atoms. The molecule has 0 aromatic heterocycles. The third-order valence-corrected chi connectivity index (χ3v) is 5.17. The number of halogens is 1. The van der Waals surface area contributed by atoms with Crippen LogP contribution in [0.3, 0.4) is 0 Å². The van der Waals surface area contributed by atoms with Gasteiger partial charge in [-0.2, -0.15) is 0 Å². The Labute approximate surface area is 133 Å². The molecule has 2 saturated heterocycles. The van der Waals surface area contributed by atoms with Crippen molar-refractivity contribution in [1.82, 2.24) is 15.1 Å². The molecule has 4 heteroatoms. The van der Waals surface area contributed by atoms with E-state index in [1.165, 1.54) is 57.5 Å². The molecule has 0 atom stereocenters. The van der Waals surface area contributed by atoms with Crippen molar-refractivity contribution in [1.29, 1.82) is 0 Å². The highest BCUT2D eigenvalue weighted by Crippen LogP contribution is 2.22. The highest BCUT2D eigenvalue weighted by Gasteiger charge is 2.25. The minimum atomic E-state index is 0.785. The van der Waals surface area contributed by atoms with Crippen molar-refractivity contribution in [3.8, 4) is 0 Å². The summed E-state index contributed by atoms with van der Waals surface area (Å²) in [6, 6.07) is 9.01. The first-order valence-electron chi connectivity index (χ1n) is 8.23. The van der Waals surface area contributed by atoms with Crippen LogP contribution in [0.5, 0.6) is 0 Å². The van der Waals surface area contributed by atoms with Crippen LogP contribution in [-0.4, -0.2) is 55.1 Å². The second-order valence-corrected chi connectivity index (χ2v) is 6.65. The van der Waals surface area contributed by atoms with E-state index < -0.39 is 0 Å². The largest absolute Gasteiger partial charge is 0.315 e. The van der Waals surface area contributed by atoms with Gasteiger partial charge < -0.3 is 5.32 Å². The molecule has 2 heterocycles. The van der Waals surface area contributed by atoms with Crippen molar-refractivity contribution in [2.24, 2.45) is 0 Å². The molecule has 0 bridgehead atoms. The average Bonchev–Trinajstić information content (AvgIpc) is 2.80. The number of nitrogens with zero attached hydrogens (tertiary/aromatic N) is 2. The summed E-state index contributed by atoms with van der Waals surface area (Å²) >= 11 is 6.27. The molecule has 0 amide bonds. The Kier molecular flexibility index (Phi) is 5.53. The zero-order chi connectivity index (χ0) is 14.5. The standard InChI is InChI=1S/C17H26ClN3/c18-17-5-2-1-4-15(17)14-20-11-6-16(7-12-20)21-10-3-8-19-9-13-21/h1-2,4-5,16,19H,3,6-14H2. The van der Waals surface area contributed by atoms with Gasteiger partial charge in [0.1, 0.15) is 0 Å². The molecule has 2 aliphatic rings. The molecule has 0 saturated carbocycles. The molecule has 0 aliphatic carbocycles. The number of rotatable bonds is 3. The summed E-state index contributed by atoms with van der Waals surface area (Å²) in [6.45, 7) is 8.20. The molecule has 2 fully saturated rings. The van der Waals surface area contributed by atoms with Gasteiger partial charge in [-0.3, -0.25) is 9.80 Å². The van der Waals surface area contributed by atoms with Crippen LogP contribution in [0.2, 0.25) is 5.02 Å². The first kappa shape index (κ1) is 15.3. The highest BCUT2D eigenvalue weighted by molar-refractivity contribution is 6.31. The Balaban J connectivity index is 1.49. The van der Waals surface area contributed by atoms with Gasteiger partial charge in [0.05, 0.1) is 0 Å². The van der Waals surface area contributed by atoms with E-state index in [2.05, 4.69) is 27.2 Å². The molecule has 1 aromatic rings. The van der Waals surface area contributed by atoms with Crippen LogP contribution in [0.25, 0.3) is 0 Å². The van der Waals surface area contributed by atoms with Crippen molar-refractivity contribution in [3.63, 3.8) is 0 Å². The highest BCUT2D eigenvalue weighted by atomic mass is 35.5. The molecule has 1 N–H and O–H groups in total. The van der Waals surface area contributed by atoms with Crippen molar-refractivity contribution in [2.45, 2.75) is 31.8 Å². The van der Waals surface area contributed by atoms with E-state index in [-0.39, 0.29) is 0 Å². The van der Waals surface area contributed by atoms with Gasteiger partial charge in [0, 0.05) is 30.7 Å². The van der Waals surface area contributed by atoms with Crippen LogP contribution in [-0.2, 0) is 6.54 Å². The third-order valence-electron chi connectivity index (χ3n) is 4.80. The lowest BCUT2D eigenvalue weighted by Crippen LogP contribution is -2.45. The summed E-state index contributed by atoms with van der Waals surface area (Å²) < 4.78 is 0. The summed E-state index contributed by atoms with van der Waals surface area (Å²) in [5.74, 6) is 0. The maximum Gasteiger partial charge on any atom is 0.0451 e. The number of hydrogen-bond donors (Lipinski definition) is 1. The average molecular weight is 308 g/mol. The Morgan fingerprint density at radius 2 is 1.86 bits per heavy atom. The number of nitrogens with one attached hydrogen (secondary N) is 1. The second kappa shape index (κ2) is 7.59. The lowest BCUT2D eigenvalue weighted by Gasteiger charge is -2.38. The molecule has 21 heavy (non-hydrogen) atoms. The Morgan fingerprint density at radius 1 is 1.05 bits per heavy atom. The summed E-state index contributed by atoms with van der Waals surface area (Å²) in [5.41, 5.74) is 1.26. The molecule has 116 valence electrons. The van der Waals surface area contributed by atoms with Crippen LogP contribution < -0.4 is 5.32 Å². The fourth-order valence-electron chi connectivity index (χ4n) is 3.54.